The third kappa shape index (κ3) is 5.65. The summed E-state index contributed by atoms with van der Waals surface area (Å²) in [7, 11) is 1.50. The molecule has 2 amide bonds. The van der Waals surface area contributed by atoms with Crippen LogP contribution in [0.4, 0.5) is 0 Å². The van der Waals surface area contributed by atoms with E-state index >= 15 is 0 Å². The largest absolute Gasteiger partial charge is 0.493 e. The highest BCUT2D eigenvalue weighted by Gasteiger charge is 2.12. The highest BCUT2D eigenvalue weighted by molar-refractivity contribution is 7.10. The number of hydrogen-bond donors (Lipinski definition) is 2. The average Bonchev–Trinajstić information content (AvgIpc) is 3.11. The van der Waals surface area contributed by atoms with Crippen molar-refractivity contribution in [2.24, 2.45) is 0 Å². The summed E-state index contributed by atoms with van der Waals surface area (Å²) in [6.45, 7) is 3.80. The first-order valence-electron chi connectivity index (χ1n) is 7.66. The second kappa shape index (κ2) is 8.89. The maximum absolute atomic E-state index is 12.1. The van der Waals surface area contributed by atoms with E-state index in [4.69, 9.17) is 9.47 Å². The zero-order valence-electron chi connectivity index (χ0n) is 14.2. The van der Waals surface area contributed by atoms with Gasteiger partial charge in [-0.3, -0.25) is 20.4 Å². The fourth-order valence-corrected chi connectivity index (χ4v) is 2.55. The predicted molar refractivity (Wildman–Crippen MR) is 97.7 cm³/mol. The van der Waals surface area contributed by atoms with E-state index in [1.54, 1.807) is 24.3 Å². The lowest BCUT2D eigenvalue weighted by Gasteiger charge is -2.14. The SMILES string of the molecule is COc1cc(C(=O)NNC(=O)/C=C/c2cccs2)ccc1OC(C)C. The van der Waals surface area contributed by atoms with Gasteiger partial charge >= 0.3 is 0 Å². The molecule has 0 aliphatic heterocycles. The van der Waals surface area contributed by atoms with E-state index in [0.29, 0.717) is 17.1 Å². The Bertz CT molecular complexity index is 754. The highest BCUT2D eigenvalue weighted by Crippen LogP contribution is 2.28. The molecule has 0 aliphatic carbocycles. The van der Waals surface area contributed by atoms with E-state index in [2.05, 4.69) is 10.9 Å². The van der Waals surface area contributed by atoms with Gasteiger partial charge in [-0.05, 0) is 49.6 Å². The summed E-state index contributed by atoms with van der Waals surface area (Å²) < 4.78 is 10.8. The van der Waals surface area contributed by atoms with Crippen molar-refractivity contribution in [1.29, 1.82) is 0 Å². The normalized spacial score (nSPS) is 10.7. The van der Waals surface area contributed by atoms with Gasteiger partial charge in [-0.15, -0.1) is 11.3 Å². The molecule has 0 radical (unpaired) electrons. The van der Waals surface area contributed by atoms with Gasteiger partial charge in [-0.25, -0.2) is 0 Å². The number of thiophene rings is 1. The maximum Gasteiger partial charge on any atom is 0.269 e. The van der Waals surface area contributed by atoms with Crippen molar-refractivity contribution in [2.45, 2.75) is 20.0 Å². The summed E-state index contributed by atoms with van der Waals surface area (Å²) in [6.07, 6.45) is 3.02. The van der Waals surface area contributed by atoms with Crippen LogP contribution in [0, 0.1) is 0 Å². The van der Waals surface area contributed by atoms with Gasteiger partial charge in [0.2, 0.25) is 0 Å². The zero-order valence-corrected chi connectivity index (χ0v) is 15.1. The molecule has 0 fully saturated rings. The van der Waals surface area contributed by atoms with Crippen molar-refractivity contribution < 1.29 is 19.1 Å². The highest BCUT2D eigenvalue weighted by atomic mass is 32.1. The van der Waals surface area contributed by atoms with Crippen molar-refractivity contribution in [2.75, 3.05) is 7.11 Å². The Hall–Kier alpha value is -2.80. The minimum absolute atomic E-state index is 0.0111. The van der Waals surface area contributed by atoms with Gasteiger partial charge in [0.25, 0.3) is 11.8 Å². The van der Waals surface area contributed by atoms with Crippen LogP contribution in [0.2, 0.25) is 0 Å². The molecule has 7 heteroatoms. The number of ether oxygens (including phenoxy) is 2. The molecular formula is C18H20N2O4S. The minimum atomic E-state index is -0.452. The summed E-state index contributed by atoms with van der Waals surface area (Å²) >= 11 is 1.52. The van der Waals surface area contributed by atoms with Crippen molar-refractivity contribution in [1.82, 2.24) is 10.9 Å². The molecule has 0 bridgehead atoms. The van der Waals surface area contributed by atoms with Crippen molar-refractivity contribution in [3.05, 3.63) is 52.2 Å². The second-order valence-electron chi connectivity index (χ2n) is 5.32. The maximum atomic E-state index is 12.1. The van der Waals surface area contributed by atoms with Crippen LogP contribution in [0.25, 0.3) is 6.08 Å². The van der Waals surface area contributed by atoms with Gasteiger partial charge in [0.05, 0.1) is 13.2 Å². The number of hydrazine groups is 1. The zero-order chi connectivity index (χ0) is 18.2. The lowest BCUT2D eigenvalue weighted by Crippen LogP contribution is -2.40. The predicted octanol–water partition coefficient (Wildman–Crippen LogP) is 3.02. The fourth-order valence-electron chi connectivity index (χ4n) is 1.94. The van der Waals surface area contributed by atoms with Gasteiger partial charge in [-0.1, -0.05) is 6.07 Å². The summed E-state index contributed by atoms with van der Waals surface area (Å²) in [5.74, 6) is 0.128. The molecule has 132 valence electrons. The Kier molecular flexibility index (Phi) is 6.59. The van der Waals surface area contributed by atoms with Crippen LogP contribution in [0.15, 0.2) is 41.8 Å². The molecule has 0 spiro atoms. The topological polar surface area (TPSA) is 76.7 Å². The first-order chi connectivity index (χ1) is 12.0. The summed E-state index contributed by atoms with van der Waals surface area (Å²) in [5, 5.41) is 1.92. The summed E-state index contributed by atoms with van der Waals surface area (Å²) in [4.78, 5) is 24.8. The molecule has 0 aliphatic rings. The standard InChI is InChI=1S/C18H20N2O4S/c1-12(2)24-15-8-6-13(11-16(15)23-3)18(22)20-19-17(21)9-7-14-5-4-10-25-14/h4-12H,1-3H3,(H,19,21)(H,20,22)/b9-7+. The lowest BCUT2D eigenvalue weighted by molar-refractivity contribution is -0.117. The fraction of sp³-hybridized carbons (Fsp3) is 0.222. The second-order valence-corrected chi connectivity index (χ2v) is 6.30. The van der Waals surface area contributed by atoms with Gasteiger partial charge in [0, 0.05) is 16.5 Å². The molecule has 0 saturated heterocycles. The number of carbonyl (C=O) groups excluding carboxylic acids is 2. The van der Waals surface area contributed by atoms with Crippen LogP contribution >= 0.6 is 11.3 Å². The molecular weight excluding hydrogens is 340 g/mol. The minimum Gasteiger partial charge on any atom is -0.493 e. The monoisotopic (exact) mass is 360 g/mol. The van der Waals surface area contributed by atoms with Crippen LogP contribution in [0.5, 0.6) is 11.5 Å². The first kappa shape index (κ1) is 18.5. The molecule has 25 heavy (non-hydrogen) atoms. The number of methoxy groups -OCH3 is 1. The molecule has 2 N–H and O–H groups in total. The van der Waals surface area contributed by atoms with Gasteiger partial charge < -0.3 is 9.47 Å². The lowest BCUT2D eigenvalue weighted by atomic mass is 10.2. The Labute approximate surface area is 150 Å². The molecule has 1 aromatic heterocycles. The third-order valence-corrected chi connectivity index (χ3v) is 3.87. The number of amides is 2. The first-order valence-corrected chi connectivity index (χ1v) is 8.54. The van der Waals surface area contributed by atoms with Crippen molar-refractivity contribution >= 4 is 29.2 Å². The molecule has 1 heterocycles. The number of carbonyl (C=O) groups is 2. The van der Waals surface area contributed by atoms with Gasteiger partial charge in [0.1, 0.15) is 0 Å². The van der Waals surface area contributed by atoms with Crippen LogP contribution in [-0.2, 0) is 4.79 Å². The Morgan fingerprint density at radius 3 is 2.60 bits per heavy atom. The summed E-state index contributed by atoms with van der Waals surface area (Å²) in [6, 6.07) is 8.60. The molecule has 6 nitrogen and oxygen atoms in total. The van der Waals surface area contributed by atoms with Gasteiger partial charge in [-0.2, -0.15) is 0 Å². The van der Waals surface area contributed by atoms with E-state index in [9.17, 15) is 9.59 Å². The Morgan fingerprint density at radius 1 is 1.16 bits per heavy atom. The number of rotatable bonds is 6. The van der Waals surface area contributed by atoms with Crippen LogP contribution in [0.1, 0.15) is 29.1 Å². The van der Waals surface area contributed by atoms with Crippen LogP contribution in [0.3, 0.4) is 0 Å². The molecule has 0 unspecified atom stereocenters. The smallest absolute Gasteiger partial charge is 0.269 e. The van der Waals surface area contributed by atoms with Gasteiger partial charge in [0.15, 0.2) is 11.5 Å². The molecule has 1 aromatic carbocycles. The third-order valence-electron chi connectivity index (χ3n) is 3.03. The van der Waals surface area contributed by atoms with E-state index < -0.39 is 11.8 Å². The number of hydrogen-bond acceptors (Lipinski definition) is 5. The number of benzene rings is 1. The van der Waals surface area contributed by atoms with E-state index in [1.165, 1.54) is 24.5 Å². The molecule has 0 atom stereocenters. The van der Waals surface area contributed by atoms with Crippen molar-refractivity contribution in [3.63, 3.8) is 0 Å². The molecule has 2 aromatic rings. The van der Waals surface area contributed by atoms with Crippen LogP contribution in [-0.4, -0.2) is 25.0 Å². The quantitative estimate of drug-likeness (QED) is 0.613. The molecule has 2 rings (SSSR count). The van der Waals surface area contributed by atoms with E-state index in [-0.39, 0.29) is 6.10 Å². The average molecular weight is 360 g/mol. The van der Waals surface area contributed by atoms with Crippen LogP contribution < -0.4 is 20.3 Å². The molecule has 0 saturated carbocycles. The van der Waals surface area contributed by atoms with Crippen molar-refractivity contribution in [3.8, 4) is 11.5 Å². The van der Waals surface area contributed by atoms with E-state index in [1.807, 2.05) is 31.4 Å². The number of nitrogens with one attached hydrogen (secondary N) is 2. The summed E-state index contributed by atoms with van der Waals surface area (Å²) in [5.41, 5.74) is 5.04. The van der Waals surface area contributed by atoms with E-state index in [0.717, 1.165) is 4.88 Å². The Morgan fingerprint density at radius 2 is 1.96 bits per heavy atom. The Balaban J connectivity index is 1.95.